The van der Waals surface area contributed by atoms with E-state index in [9.17, 15) is 31.5 Å². The molecule has 1 atom stereocenters. The lowest BCUT2D eigenvalue weighted by molar-refractivity contribution is -0.138. The molecular weight excluding hydrogens is 503 g/mol. The number of phenolic OH excluding ortho intramolecular Hbond substituents is 1. The number of carbonyl (C=O) groups excluding carboxylic acids is 1. The van der Waals surface area contributed by atoms with Gasteiger partial charge >= 0.3 is 16.4 Å². The molecule has 0 fully saturated rings. The molecule has 0 bridgehead atoms. The van der Waals surface area contributed by atoms with Crippen LogP contribution in [0.15, 0.2) is 31.4 Å². The third kappa shape index (κ3) is 5.48. The highest BCUT2D eigenvalue weighted by Crippen LogP contribution is 2.40. The number of amidine groups is 2. The van der Waals surface area contributed by atoms with Gasteiger partial charge in [-0.25, -0.2) is 0 Å². The van der Waals surface area contributed by atoms with Gasteiger partial charge in [-0.1, -0.05) is 13.8 Å². The smallest absolute Gasteiger partial charge is 0.417 e. The predicted octanol–water partition coefficient (Wildman–Crippen LogP) is 3.78. The molecule has 0 saturated carbocycles. The van der Waals surface area contributed by atoms with Crippen molar-refractivity contribution in [1.29, 1.82) is 0 Å². The lowest BCUT2D eigenvalue weighted by Crippen LogP contribution is -2.38. The molecule has 36 heavy (non-hydrogen) atoms. The topological polar surface area (TPSA) is 137 Å². The van der Waals surface area contributed by atoms with Gasteiger partial charge in [0, 0.05) is 14.1 Å². The number of carbonyl (C=O) groups is 1. The van der Waals surface area contributed by atoms with Gasteiger partial charge < -0.3 is 25.1 Å². The van der Waals surface area contributed by atoms with Crippen molar-refractivity contribution < 1.29 is 35.9 Å². The van der Waals surface area contributed by atoms with Gasteiger partial charge in [0.15, 0.2) is 17.4 Å². The minimum atomic E-state index is -4.93. The molecule has 0 aliphatic carbocycles. The number of aromatic hydroxyl groups is 1. The van der Waals surface area contributed by atoms with Crippen molar-refractivity contribution in [2.75, 3.05) is 19.4 Å². The molecule has 10 nitrogen and oxygen atoms in total. The number of furan rings is 1. The maximum Gasteiger partial charge on any atom is 0.417 e. The van der Waals surface area contributed by atoms with E-state index < -0.39 is 45.2 Å². The Kier molecular flexibility index (Phi) is 7.12. The number of rotatable bonds is 5. The van der Waals surface area contributed by atoms with Gasteiger partial charge in [-0.15, -0.1) is 8.80 Å². The molecule has 3 rings (SSSR count). The fourth-order valence-corrected chi connectivity index (χ4v) is 4.25. The zero-order chi connectivity index (χ0) is 27.2. The first-order valence-electron chi connectivity index (χ1n) is 10.7. The highest BCUT2D eigenvalue weighted by atomic mass is 32.2. The van der Waals surface area contributed by atoms with E-state index in [4.69, 9.17) is 4.42 Å². The molecule has 1 aromatic carbocycles. The van der Waals surface area contributed by atoms with Gasteiger partial charge in [0.05, 0.1) is 22.9 Å². The van der Waals surface area contributed by atoms with E-state index in [0.29, 0.717) is 17.6 Å². The third-order valence-electron chi connectivity index (χ3n) is 5.44. The minimum Gasteiger partial charge on any atom is -0.505 e. The molecule has 1 aliphatic heterocycles. The van der Waals surface area contributed by atoms with E-state index in [0.717, 1.165) is 16.5 Å². The van der Waals surface area contributed by atoms with Crippen molar-refractivity contribution >= 4 is 33.5 Å². The Bertz CT molecular complexity index is 1340. The van der Waals surface area contributed by atoms with Gasteiger partial charge in [0.25, 0.3) is 5.91 Å². The second kappa shape index (κ2) is 9.48. The number of aryl methyl sites for hydroxylation is 2. The fraction of sp³-hybridized carbons (Fsp3) is 0.409. The summed E-state index contributed by atoms with van der Waals surface area (Å²) in [6.45, 7) is 7.35. The molecule has 1 aromatic heterocycles. The van der Waals surface area contributed by atoms with E-state index in [1.807, 2.05) is 20.8 Å². The maximum atomic E-state index is 13.5. The van der Waals surface area contributed by atoms with Crippen LogP contribution in [0.3, 0.4) is 0 Å². The predicted molar refractivity (Wildman–Crippen MR) is 127 cm³/mol. The molecule has 3 N–H and O–H groups in total. The number of phenols is 1. The summed E-state index contributed by atoms with van der Waals surface area (Å²) in [5.41, 5.74) is -1.82. The Balaban J connectivity index is 2.02. The van der Waals surface area contributed by atoms with E-state index in [1.54, 1.807) is 13.0 Å². The number of amides is 1. The average molecular weight is 530 g/mol. The van der Waals surface area contributed by atoms with Crippen LogP contribution in [-0.4, -0.2) is 50.1 Å². The number of benzene rings is 1. The zero-order valence-corrected chi connectivity index (χ0v) is 21.2. The summed E-state index contributed by atoms with van der Waals surface area (Å²) in [5.74, 6) is -1.64. The van der Waals surface area contributed by atoms with Gasteiger partial charge in [-0.2, -0.15) is 21.6 Å². The van der Waals surface area contributed by atoms with Crippen LogP contribution in [0.5, 0.6) is 5.75 Å². The number of nitrogens with one attached hydrogen (secondary N) is 2. The molecule has 1 amide bonds. The van der Waals surface area contributed by atoms with Crippen LogP contribution in [0.2, 0.25) is 0 Å². The summed E-state index contributed by atoms with van der Waals surface area (Å²) < 4.78 is 77.7. The van der Waals surface area contributed by atoms with Crippen LogP contribution < -0.4 is 10.6 Å². The second-order valence-electron chi connectivity index (χ2n) is 8.79. The average Bonchev–Trinajstić information content (AvgIpc) is 3.22. The molecule has 1 aliphatic rings. The molecule has 2 aromatic rings. The van der Waals surface area contributed by atoms with E-state index >= 15 is 0 Å². The monoisotopic (exact) mass is 529 g/mol. The molecule has 196 valence electrons. The lowest BCUT2D eigenvalue weighted by Gasteiger charge is -2.22. The van der Waals surface area contributed by atoms with Crippen molar-refractivity contribution in [2.24, 2.45) is 14.7 Å². The summed E-state index contributed by atoms with van der Waals surface area (Å²) in [6, 6.07) is 2.73. The number of halogens is 3. The Hall–Kier alpha value is -3.55. The molecule has 0 unspecified atom stereocenters. The fourth-order valence-electron chi connectivity index (χ4n) is 3.48. The largest absolute Gasteiger partial charge is 0.505 e. The Morgan fingerprint density at radius 1 is 1.14 bits per heavy atom. The summed E-state index contributed by atoms with van der Waals surface area (Å²) >= 11 is 0. The van der Waals surface area contributed by atoms with Gasteiger partial charge in [-0.05, 0) is 43.5 Å². The first-order chi connectivity index (χ1) is 16.5. The lowest BCUT2D eigenvalue weighted by atomic mass is 10.0. The molecule has 0 spiro atoms. The number of hydrogen-bond donors (Lipinski definition) is 3. The second-order valence-corrected chi connectivity index (χ2v) is 10.0. The van der Waals surface area contributed by atoms with Crippen LogP contribution in [0.1, 0.15) is 52.9 Å². The quantitative estimate of drug-likeness (QED) is 0.502. The van der Waals surface area contributed by atoms with Crippen molar-refractivity contribution in [1.82, 2.24) is 10.2 Å². The van der Waals surface area contributed by atoms with Crippen LogP contribution in [0.25, 0.3) is 0 Å². The highest BCUT2D eigenvalue weighted by molar-refractivity contribution is 7.89. The van der Waals surface area contributed by atoms with Crippen LogP contribution in [0, 0.1) is 19.8 Å². The van der Waals surface area contributed by atoms with Crippen molar-refractivity contribution in [2.45, 2.75) is 39.9 Å². The molecular formula is C22H26F3N5O5S. The van der Waals surface area contributed by atoms with E-state index in [-0.39, 0.29) is 23.3 Å². The summed E-state index contributed by atoms with van der Waals surface area (Å²) in [7, 11) is -1.86. The Morgan fingerprint density at radius 2 is 1.75 bits per heavy atom. The van der Waals surface area contributed by atoms with Gasteiger partial charge in [0.1, 0.15) is 11.5 Å². The number of nitrogens with zero attached hydrogens (tertiary/aromatic N) is 3. The van der Waals surface area contributed by atoms with Crippen molar-refractivity contribution in [3.63, 3.8) is 0 Å². The van der Waals surface area contributed by atoms with Crippen LogP contribution in [0.4, 0.5) is 18.9 Å². The van der Waals surface area contributed by atoms with Crippen molar-refractivity contribution in [3.8, 4) is 5.75 Å². The normalized spacial score (nSPS) is 15.9. The summed E-state index contributed by atoms with van der Waals surface area (Å²) in [6.07, 6.45) is -4.93. The first-order valence-corrected chi connectivity index (χ1v) is 12.1. The van der Waals surface area contributed by atoms with Gasteiger partial charge in [-0.3, -0.25) is 4.79 Å². The minimum absolute atomic E-state index is 0.106. The molecule has 0 radical (unpaired) electrons. The zero-order valence-electron chi connectivity index (χ0n) is 20.4. The summed E-state index contributed by atoms with van der Waals surface area (Å²) in [4.78, 5) is 13.3. The highest BCUT2D eigenvalue weighted by Gasteiger charge is 2.39. The number of hydrogen-bond acceptors (Lipinski definition) is 7. The van der Waals surface area contributed by atoms with Crippen LogP contribution >= 0.6 is 0 Å². The van der Waals surface area contributed by atoms with E-state index in [2.05, 4.69) is 19.4 Å². The maximum absolute atomic E-state index is 13.5. The SMILES string of the molecule is Cc1cc([C@H](NC2=NS(=O)(=O)N=C2Nc2ccc(C(F)(F)F)c(C(=O)N(C)C)c2O)C(C)C)oc1C. The molecule has 2 heterocycles. The Morgan fingerprint density at radius 3 is 2.25 bits per heavy atom. The number of alkyl halides is 3. The van der Waals surface area contributed by atoms with E-state index in [1.165, 1.54) is 14.1 Å². The molecule has 0 saturated heterocycles. The molecule has 14 heteroatoms. The summed E-state index contributed by atoms with van der Waals surface area (Å²) in [5, 5.41) is 16.1. The van der Waals surface area contributed by atoms with Crippen LogP contribution in [-0.2, 0) is 16.4 Å². The Labute approximate surface area is 206 Å². The van der Waals surface area contributed by atoms with Gasteiger partial charge in [0.2, 0.25) is 0 Å². The first kappa shape index (κ1) is 27.0. The van der Waals surface area contributed by atoms with Crippen molar-refractivity contribution in [3.05, 3.63) is 46.4 Å². The standard InChI is InChI=1S/C22H26F3N5O5S/c1-10(2)17(15-9-11(3)12(4)35-15)27-20-19(28-36(33,34)29-20)26-14-8-7-13(22(23,24)25)16(18(14)31)21(32)30(5)6/h7-10,17,31H,1-6H3,(H,26,28)(H,27,29)/t17-/m1/s1. The third-order valence-corrected chi connectivity index (χ3v) is 6.27. The number of anilines is 1.